The van der Waals surface area contributed by atoms with Crippen molar-refractivity contribution in [2.45, 2.75) is 53.6 Å². The van der Waals surface area contributed by atoms with E-state index in [4.69, 9.17) is 0 Å². The summed E-state index contributed by atoms with van der Waals surface area (Å²) in [4.78, 5) is 15.4. The molecule has 1 saturated carbocycles. The molecule has 0 radical (unpaired) electrons. The van der Waals surface area contributed by atoms with Gasteiger partial charge >= 0.3 is 0 Å². The van der Waals surface area contributed by atoms with E-state index in [9.17, 15) is 9.18 Å². The number of anilines is 1. The molecule has 180 valence electrons. The summed E-state index contributed by atoms with van der Waals surface area (Å²) in [6.07, 6.45) is 2.57. The monoisotopic (exact) mass is 462 g/mol. The first-order valence-electron chi connectivity index (χ1n) is 12.5. The topological polar surface area (TPSA) is 49.3 Å². The largest absolute Gasteiger partial charge is 0.379 e. The van der Waals surface area contributed by atoms with Gasteiger partial charge in [-0.05, 0) is 93.0 Å². The maximum atomic E-state index is 13.9. The maximum absolute atomic E-state index is 13.9. The highest BCUT2D eigenvalue weighted by atomic mass is 19.1. The Morgan fingerprint density at radius 3 is 2.38 bits per heavy atom. The third-order valence-electron chi connectivity index (χ3n) is 7.64. The number of nitrogens with one attached hydrogen (secondary N) is 2. The van der Waals surface area contributed by atoms with E-state index in [0.717, 1.165) is 72.0 Å². The van der Waals surface area contributed by atoms with Gasteiger partial charge in [0.05, 0.1) is 11.2 Å². The second-order valence-corrected chi connectivity index (χ2v) is 10.1. The summed E-state index contributed by atoms with van der Waals surface area (Å²) in [5.74, 6) is 0.632. The van der Waals surface area contributed by atoms with Gasteiger partial charge in [-0.15, -0.1) is 0 Å². The molecule has 1 saturated heterocycles. The van der Waals surface area contributed by atoms with Gasteiger partial charge in [-0.25, -0.2) is 4.39 Å². The zero-order valence-electron chi connectivity index (χ0n) is 20.7. The number of halogens is 1. The standard InChI is InChI=1S/C28H35FN4O/c1-17-11-23(29)12-18(2)25(17)15-31-26-14-22(28(34)32-9-7-30-8-10-32)13-24-19(3)20(4)33(27(24)26)16-21-5-6-21/h11-14,21,30-31H,5-10,15-16H2,1-4H3. The fourth-order valence-corrected chi connectivity index (χ4v) is 5.27. The number of carbonyl (C=O) groups is 1. The smallest absolute Gasteiger partial charge is 0.254 e. The molecule has 3 aromatic rings. The SMILES string of the molecule is Cc1cc(F)cc(C)c1CNc1cc(C(=O)N2CCNCC2)cc2c(C)c(C)n(CC3CC3)c12. The number of benzene rings is 2. The number of amides is 1. The van der Waals surface area contributed by atoms with Crippen molar-refractivity contribution in [2.75, 3.05) is 31.5 Å². The first-order valence-corrected chi connectivity index (χ1v) is 12.5. The van der Waals surface area contributed by atoms with Gasteiger partial charge < -0.3 is 20.1 Å². The molecule has 1 aromatic heterocycles. The highest BCUT2D eigenvalue weighted by Crippen LogP contribution is 2.38. The lowest BCUT2D eigenvalue weighted by molar-refractivity contribution is 0.0736. The third kappa shape index (κ3) is 4.31. The van der Waals surface area contributed by atoms with Crippen molar-refractivity contribution >= 4 is 22.5 Å². The molecule has 0 unspecified atom stereocenters. The highest BCUT2D eigenvalue weighted by Gasteiger charge is 2.26. The molecule has 0 atom stereocenters. The lowest BCUT2D eigenvalue weighted by atomic mass is 10.0. The molecule has 2 fully saturated rings. The molecule has 0 spiro atoms. The Labute approximate surface area is 201 Å². The van der Waals surface area contributed by atoms with Gasteiger partial charge in [-0.3, -0.25) is 4.79 Å². The van der Waals surface area contributed by atoms with Crippen molar-refractivity contribution in [1.82, 2.24) is 14.8 Å². The molecule has 2 N–H and O–H groups in total. The molecule has 1 aliphatic carbocycles. The molecule has 5 nitrogen and oxygen atoms in total. The van der Waals surface area contributed by atoms with Crippen LogP contribution >= 0.6 is 0 Å². The third-order valence-corrected chi connectivity index (χ3v) is 7.64. The number of fused-ring (bicyclic) bond motifs is 1. The quantitative estimate of drug-likeness (QED) is 0.537. The lowest BCUT2D eigenvalue weighted by Gasteiger charge is -2.27. The van der Waals surface area contributed by atoms with Crippen molar-refractivity contribution in [3.63, 3.8) is 0 Å². The average molecular weight is 463 g/mol. The molecule has 34 heavy (non-hydrogen) atoms. The predicted molar refractivity (Wildman–Crippen MR) is 136 cm³/mol. The number of rotatable bonds is 6. The van der Waals surface area contributed by atoms with Crippen molar-refractivity contribution < 1.29 is 9.18 Å². The summed E-state index contributed by atoms with van der Waals surface area (Å²) in [5, 5.41) is 8.12. The number of hydrogen-bond acceptors (Lipinski definition) is 3. The number of carbonyl (C=O) groups excluding carboxylic acids is 1. The van der Waals surface area contributed by atoms with Crippen LogP contribution in [0.2, 0.25) is 0 Å². The minimum atomic E-state index is -0.200. The molecule has 2 heterocycles. The van der Waals surface area contributed by atoms with Crippen LogP contribution < -0.4 is 10.6 Å². The number of aryl methyl sites for hydroxylation is 3. The van der Waals surface area contributed by atoms with Crippen LogP contribution in [-0.4, -0.2) is 41.6 Å². The summed E-state index contributed by atoms with van der Waals surface area (Å²) in [6, 6.07) is 7.30. The second kappa shape index (κ2) is 9.06. The van der Waals surface area contributed by atoms with Crippen molar-refractivity contribution in [3.05, 3.63) is 63.6 Å². The van der Waals surface area contributed by atoms with Crippen molar-refractivity contribution in [1.29, 1.82) is 0 Å². The van der Waals surface area contributed by atoms with E-state index in [1.807, 2.05) is 24.8 Å². The fraction of sp³-hybridized carbons (Fsp3) is 0.464. The van der Waals surface area contributed by atoms with Crippen LogP contribution in [0.4, 0.5) is 10.1 Å². The van der Waals surface area contributed by atoms with Gasteiger partial charge in [-0.1, -0.05) is 0 Å². The van der Waals surface area contributed by atoms with Gasteiger partial charge in [0.2, 0.25) is 0 Å². The zero-order chi connectivity index (χ0) is 24.0. The van der Waals surface area contributed by atoms with Crippen LogP contribution in [0.3, 0.4) is 0 Å². The van der Waals surface area contributed by atoms with Crippen LogP contribution in [0.25, 0.3) is 10.9 Å². The Balaban J connectivity index is 1.58. The van der Waals surface area contributed by atoms with Crippen LogP contribution in [0.1, 0.15) is 51.1 Å². The van der Waals surface area contributed by atoms with Crippen LogP contribution in [0.15, 0.2) is 24.3 Å². The van der Waals surface area contributed by atoms with Crippen LogP contribution in [-0.2, 0) is 13.1 Å². The minimum Gasteiger partial charge on any atom is -0.379 e. The molecule has 0 bridgehead atoms. The van der Waals surface area contributed by atoms with E-state index in [0.29, 0.717) is 6.54 Å². The molecule has 2 aromatic carbocycles. The molecule has 2 aliphatic rings. The summed E-state index contributed by atoms with van der Waals surface area (Å²) in [6.45, 7) is 13.0. The summed E-state index contributed by atoms with van der Waals surface area (Å²) in [5.41, 5.74) is 8.38. The molecule has 1 amide bonds. The number of nitrogens with zero attached hydrogens (tertiary/aromatic N) is 2. The maximum Gasteiger partial charge on any atom is 0.254 e. The van der Waals surface area contributed by atoms with Gasteiger partial charge in [0, 0.05) is 55.9 Å². The first-order chi connectivity index (χ1) is 16.3. The molecular formula is C28H35FN4O. The van der Waals surface area contributed by atoms with E-state index in [1.54, 1.807) is 12.1 Å². The summed E-state index contributed by atoms with van der Waals surface area (Å²) >= 11 is 0. The Morgan fingerprint density at radius 1 is 1.06 bits per heavy atom. The van der Waals surface area contributed by atoms with Crippen molar-refractivity contribution in [3.8, 4) is 0 Å². The van der Waals surface area contributed by atoms with E-state index >= 15 is 0 Å². The van der Waals surface area contributed by atoms with Crippen LogP contribution in [0, 0.1) is 39.4 Å². The number of aromatic nitrogens is 1. The molecule has 6 heteroatoms. The summed E-state index contributed by atoms with van der Waals surface area (Å²) in [7, 11) is 0. The minimum absolute atomic E-state index is 0.0904. The van der Waals surface area contributed by atoms with E-state index in [2.05, 4.69) is 35.1 Å². The van der Waals surface area contributed by atoms with Crippen molar-refractivity contribution in [2.24, 2.45) is 5.92 Å². The molecule has 5 rings (SSSR count). The lowest BCUT2D eigenvalue weighted by Crippen LogP contribution is -2.46. The van der Waals surface area contributed by atoms with E-state index < -0.39 is 0 Å². The Bertz CT molecular complexity index is 1230. The van der Waals surface area contributed by atoms with Gasteiger partial charge in [0.1, 0.15) is 5.82 Å². The van der Waals surface area contributed by atoms with Gasteiger partial charge in [0.25, 0.3) is 5.91 Å². The number of hydrogen-bond donors (Lipinski definition) is 2. The molecule has 1 aliphatic heterocycles. The summed E-state index contributed by atoms with van der Waals surface area (Å²) < 4.78 is 16.3. The second-order valence-electron chi connectivity index (χ2n) is 10.1. The van der Waals surface area contributed by atoms with Gasteiger partial charge in [0.15, 0.2) is 0 Å². The van der Waals surface area contributed by atoms with E-state index in [-0.39, 0.29) is 11.7 Å². The van der Waals surface area contributed by atoms with Gasteiger partial charge in [-0.2, -0.15) is 0 Å². The normalized spacial score (nSPS) is 16.3. The fourth-order valence-electron chi connectivity index (χ4n) is 5.27. The number of piperazine rings is 1. The Kier molecular flexibility index (Phi) is 6.11. The van der Waals surface area contributed by atoms with E-state index in [1.165, 1.54) is 29.6 Å². The Morgan fingerprint density at radius 2 is 1.74 bits per heavy atom. The first kappa shape index (κ1) is 22.9. The molecular weight excluding hydrogens is 427 g/mol. The predicted octanol–water partition coefficient (Wildman–Crippen LogP) is 5.08. The average Bonchev–Trinajstić information content (AvgIpc) is 3.61. The Hall–Kier alpha value is -2.86. The van der Waals surface area contributed by atoms with Crippen LogP contribution in [0.5, 0.6) is 0 Å². The highest BCUT2D eigenvalue weighted by molar-refractivity contribution is 6.04. The zero-order valence-corrected chi connectivity index (χ0v) is 20.7.